The van der Waals surface area contributed by atoms with Crippen molar-refractivity contribution in [2.75, 3.05) is 19.7 Å². The summed E-state index contributed by atoms with van der Waals surface area (Å²) in [6, 6.07) is 0. The van der Waals surface area contributed by atoms with E-state index in [1.54, 1.807) is 11.8 Å². The fraction of sp³-hybridized carbons (Fsp3) is 0.562. The van der Waals surface area contributed by atoms with Crippen LogP contribution in [-0.4, -0.2) is 41.6 Å². The van der Waals surface area contributed by atoms with E-state index in [4.69, 9.17) is 9.26 Å². The molecule has 1 heterocycles. The molecule has 0 saturated carbocycles. The van der Waals surface area contributed by atoms with E-state index < -0.39 is 5.97 Å². The largest absolute Gasteiger partial charge is 0.452 e. The smallest absolute Gasteiger partial charge is 0.344 e. The molecule has 6 heteroatoms. The van der Waals surface area contributed by atoms with Crippen molar-refractivity contribution in [1.82, 2.24) is 10.1 Å². The third kappa shape index (κ3) is 4.44. The molecule has 0 atom stereocenters. The number of nitrogens with zero attached hydrogens (tertiary/aromatic N) is 2. The number of rotatable bonds is 7. The standard InChI is InChI=1S/C16H24N2O4/c1-7-18(8-10(2)3)13(19)9-21-16(20)14-12(6)17-22-15(14)11(4)5/h11H,2,7-9H2,1,3-6H3. The van der Waals surface area contributed by atoms with Gasteiger partial charge < -0.3 is 14.2 Å². The molecular formula is C16H24N2O4. The van der Waals surface area contributed by atoms with Gasteiger partial charge in [-0.2, -0.15) is 0 Å². The maximum Gasteiger partial charge on any atom is 0.344 e. The Kier molecular flexibility index (Phi) is 6.34. The molecule has 122 valence electrons. The maximum atomic E-state index is 12.2. The van der Waals surface area contributed by atoms with E-state index in [-0.39, 0.29) is 18.4 Å². The fourth-order valence-electron chi connectivity index (χ4n) is 2.02. The molecular weight excluding hydrogens is 284 g/mol. The second-order valence-electron chi connectivity index (χ2n) is 5.60. The van der Waals surface area contributed by atoms with Crippen LogP contribution in [0.25, 0.3) is 0 Å². The summed E-state index contributed by atoms with van der Waals surface area (Å²) in [7, 11) is 0. The average molecular weight is 308 g/mol. The van der Waals surface area contributed by atoms with Crippen LogP contribution in [-0.2, 0) is 9.53 Å². The zero-order valence-corrected chi connectivity index (χ0v) is 13.9. The summed E-state index contributed by atoms with van der Waals surface area (Å²) >= 11 is 0. The molecule has 0 unspecified atom stereocenters. The van der Waals surface area contributed by atoms with Gasteiger partial charge in [-0.15, -0.1) is 0 Å². The number of hydrogen-bond donors (Lipinski definition) is 0. The molecule has 0 radical (unpaired) electrons. The molecule has 0 aliphatic heterocycles. The van der Waals surface area contributed by atoms with E-state index in [2.05, 4.69) is 11.7 Å². The van der Waals surface area contributed by atoms with Gasteiger partial charge in [0.25, 0.3) is 5.91 Å². The summed E-state index contributed by atoms with van der Waals surface area (Å²) < 4.78 is 10.3. The quantitative estimate of drug-likeness (QED) is 0.572. The second kappa shape index (κ2) is 7.77. The Bertz CT molecular complexity index is 560. The second-order valence-corrected chi connectivity index (χ2v) is 5.60. The normalized spacial score (nSPS) is 10.6. The zero-order chi connectivity index (χ0) is 16.9. The van der Waals surface area contributed by atoms with Crippen molar-refractivity contribution in [3.05, 3.63) is 29.2 Å². The number of esters is 1. The molecule has 0 aromatic carbocycles. The molecule has 0 aliphatic carbocycles. The molecule has 0 aliphatic rings. The fourth-order valence-corrected chi connectivity index (χ4v) is 2.02. The van der Waals surface area contributed by atoms with E-state index in [9.17, 15) is 9.59 Å². The zero-order valence-electron chi connectivity index (χ0n) is 13.9. The lowest BCUT2D eigenvalue weighted by Crippen LogP contribution is -2.35. The monoisotopic (exact) mass is 308 g/mol. The van der Waals surface area contributed by atoms with E-state index >= 15 is 0 Å². The number of carbonyl (C=O) groups is 2. The lowest BCUT2D eigenvalue weighted by molar-refractivity contribution is -0.133. The number of aromatic nitrogens is 1. The van der Waals surface area contributed by atoms with Gasteiger partial charge in [-0.25, -0.2) is 4.79 Å². The minimum atomic E-state index is -0.581. The van der Waals surface area contributed by atoms with Crippen molar-refractivity contribution in [3.8, 4) is 0 Å². The van der Waals surface area contributed by atoms with Crippen molar-refractivity contribution < 1.29 is 18.8 Å². The molecule has 22 heavy (non-hydrogen) atoms. The van der Waals surface area contributed by atoms with Gasteiger partial charge in [0, 0.05) is 19.0 Å². The summed E-state index contributed by atoms with van der Waals surface area (Å²) in [5, 5.41) is 3.79. The van der Waals surface area contributed by atoms with Crippen LogP contribution in [0.1, 0.15) is 55.4 Å². The summed E-state index contributed by atoms with van der Waals surface area (Å²) in [5.74, 6) is -0.347. The Morgan fingerprint density at radius 3 is 2.55 bits per heavy atom. The number of ether oxygens (including phenoxy) is 1. The van der Waals surface area contributed by atoms with Crippen molar-refractivity contribution in [1.29, 1.82) is 0 Å². The lowest BCUT2D eigenvalue weighted by atomic mass is 10.1. The van der Waals surface area contributed by atoms with Crippen LogP contribution in [0.5, 0.6) is 0 Å². The Morgan fingerprint density at radius 2 is 2.05 bits per heavy atom. The van der Waals surface area contributed by atoms with Gasteiger partial charge in [-0.3, -0.25) is 4.79 Å². The molecule has 1 rings (SSSR count). The summed E-state index contributed by atoms with van der Waals surface area (Å²) in [4.78, 5) is 25.8. The predicted molar refractivity (Wildman–Crippen MR) is 82.7 cm³/mol. The average Bonchev–Trinajstić information content (AvgIpc) is 2.83. The first kappa shape index (κ1) is 17.9. The number of likely N-dealkylation sites (N-methyl/N-ethyl adjacent to an activating group) is 1. The Balaban J connectivity index is 2.72. The molecule has 6 nitrogen and oxygen atoms in total. The van der Waals surface area contributed by atoms with E-state index in [0.29, 0.717) is 30.1 Å². The third-order valence-corrected chi connectivity index (χ3v) is 3.14. The van der Waals surface area contributed by atoms with Crippen LogP contribution in [0.2, 0.25) is 0 Å². The molecule has 1 aromatic heterocycles. The number of carbonyl (C=O) groups excluding carboxylic acids is 2. The van der Waals surface area contributed by atoms with Crippen LogP contribution < -0.4 is 0 Å². The first-order valence-corrected chi connectivity index (χ1v) is 7.33. The van der Waals surface area contributed by atoms with E-state index in [1.165, 1.54) is 0 Å². The summed E-state index contributed by atoms with van der Waals surface area (Å²) in [6.07, 6.45) is 0. The summed E-state index contributed by atoms with van der Waals surface area (Å²) in [5.41, 5.74) is 1.65. The van der Waals surface area contributed by atoms with Crippen molar-refractivity contribution in [2.24, 2.45) is 0 Å². The van der Waals surface area contributed by atoms with Gasteiger partial charge in [0.15, 0.2) is 12.4 Å². The van der Waals surface area contributed by atoms with Gasteiger partial charge in [0.2, 0.25) is 0 Å². The van der Waals surface area contributed by atoms with Crippen LogP contribution in [0.3, 0.4) is 0 Å². The Labute approximate surface area is 131 Å². The molecule has 1 amide bonds. The van der Waals surface area contributed by atoms with Gasteiger partial charge in [-0.1, -0.05) is 31.2 Å². The van der Waals surface area contributed by atoms with Gasteiger partial charge in [0.05, 0.1) is 5.69 Å². The van der Waals surface area contributed by atoms with E-state index in [0.717, 1.165) is 5.57 Å². The molecule has 0 bridgehead atoms. The molecule has 0 N–H and O–H groups in total. The molecule has 1 aromatic rings. The maximum absolute atomic E-state index is 12.2. The Hall–Kier alpha value is -2.11. The highest BCUT2D eigenvalue weighted by Gasteiger charge is 2.25. The summed E-state index contributed by atoms with van der Waals surface area (Å²) in [6.45, 7) is 13.6. The first-order valence-electron chi connectivity index (χ1n) is 7.33. The van der Waals surface area contributed by atoms with Crippen LogP contribution in [0.4, 0.5) is 0 Å². The molecule has 0 saturated heterocycles. The van der Waals surface area contributed by atoms with Gasteiger partial charge in [-0.05, 0) is 20.8 Å². The number of hydrogen-bond acceptors (Lipinski definition) is 5. The van der Waals surface area contributed by atoms with E-state index in [1.807, 2.05) is 27.7 Å². The first-order chi connectivity index (χ1) is 10.3. The highest BCUT2D eigenvalue weighted by atomic mass is 16.5. The minimum Gasteiger partial charge on any atom is -0.452 e. The number of amides is 1. The van der Waals surface area contributed by atoms with Gasteiger partial charge >= 0.3 is 5.97 Å². The lowest BCUT2D eigenvalue weighted by Gasteiger charge is -2.20. The highest BCUT2D eigenvalue weighted by Crippen LogP contribution is 2.22. The minimum absolute atomic E-state index is 0.00927. The highest BCUT2D eigenvalue weighted by molar-refractivity contribution is 5.93. The van der Waals surface area contributed by atoms with Crippen LogP contribution in [0.15, 0.2) is 16.7 Å². The topological polar surface area (TPSA) is 72.6 Å². The SMILES string of the molecule is C=C(C)CN(CC)C(=O)COC(=O)c1c(C)noc1C(C)C. The Morgan fingerprint density at radius 1 is 1.41 bits per heavy atom. The van der Waals surface area contributed by atoms with Crippen LogP contribution >= 0.6 is 0 Å². The van der Waals surface area contributed by atoms with Crippen LogP contribution in [0, 0.1) is 6.92 Å². The third-order valence-electron chi connectivity index (χ3n) is 3.14. The van der Waals surface area contributed by atoms with Gasteiger partial charge in [0.1, 0.15) is 5.56 Å². The predicted octanol–water partition coefficient (Wildman–Crippen LogP) is 2.69. The number of aryl methyl sites for hydroxylation is 1. The van der Waals surface area contributed by atoms with Crippen molar-refractivity contribution in [3.63, 3.8) is 0 Å². The van der Waals surface area contributed by atoms with Crippen molar-refractivity contribution in [2.45, 2.75) is 40.5 Å². The molecule has 0 spiro atoms. The van der Waals surface area contributed by atoms with Crippen molar-refractivity contribution >= 4 is 11.9 Å². The molecule has 0 fully saturated rings.